The van der Waals surface area contributed by atoms with Gasteiger partial charge in [0, 0.05) is 24.7 Å². The third-order valence-corrected chi connectivity index (χ3v) is 7.65. The zero-order valence-corrected chi connectivity index (χ0v) is 19.0. The lowest BCUT2D eigenvalue weighted by Gasteiger charge is -2.59. The molecular weight excluding hydrogens is 422 g/mol. The molecule has 3 unspecified atom stereocenters. The first kappa shape index (κ1) is 23.4. The molecule has 180 valence electrons. The van der Waals surface area contributed by atoms with Gasteiger partial charge in [-0.25, -0.2) is 9.78 Å². The highest BCUT2D eigenvalue weighted by atomic mass is 17.3. The van der Waals surface area contributed by atoms with E-state index in [2.05, 4.69) is 12.2 Å². The number of fused-ring (bicyclic) bond motifs is 2. The Kier molecular flexibility index (Phi) is 6.26. The third-order valence-electron chi connectivity index (χ3n) is 7.65. The van der Waals surface area contributed by atoms with E-state index in [4.69, 9.17) is 29.1 Å². The molecule has 0 aromatic carbocycles. The van der Waals surface area contributed by atoms with Crippen LogP contribution in [0.3, 0.4) is 0 Å². The third kappa shape index (κ3) is 4.02. The van der Waals surface area contributed by atoms with Gasteiger partial charge in [-0.2, -0.15) is 0 Å². The minimum atomic E-state index is -1.14. The van der Waals surface area contributed by atoms with Gasteiger partial charge in [-0.1, -0.05) is 13.8 Å². The SMILES string of the molecule is CC(NC(=O)CCC(=O)O[C@@H]1O[C@@H]2OC3(C)CC[C@H]4[C@H](C)CC[C@@H]([C@H]1C)C24OO3)C(=O)O. The second-order valence-corrected chi connectivity index (χ2v) is 9.89. The average Bonchev–Trinajstić information content (AvgIpc) is 2.96. The van der Waals surface area contributed by atoms with E-state index in [1.54, 1.807) is 0 Å². The summed E-state index contributed by atoms with van der Waals surface area (Å²) in [7, 11) is 0. The zero-order chi connectivity index (χ0) is 23.3. The zero-order valence-electron chi connectivity index (χ0n) is 19.0. The molecule has 1 aliphatic carbocycles. The van der Waals surface area contributed by atoms with Crippen LogP contribution in [0.15, 0.2) is 0 Å². The molecule has 0 aromatic heterocycles. The van der Waals surface area contributed by atoms with Crippen molar-refractivity contribution in [3.05, 3.63) is 0 Å². The van der Waals surface area contributed by atoms with Crippen LogP contribution in [-0.2, 0) is 38.4 Å². The van der Waals surface area contributed by atoms with Crippen molar-refractivity contribution >= 4 is 17.8 Å². The van der Waals surface area contributed by atoms with E-state index < -0.39 is 47.9 Å². The minimum Gasteiger partial charge on any atom is -0.480 e. The van der Waals surface area contributed by atoms with Gasteiger partial charge in [-0.15, -0.1) is 0 Å². The number of hydrogen-bond acceptors (Lipinski definition) is 8. The lowest BCUT2D eigenvalue weighted by Crippen LogP contribution is -2.70. The summed E-state index contributed by atoms with van der Waals surface area (Å²) >= 11 is 0. The Morgan fingerprint density at radius 3 is 2.59 bits per heavy atom. The van der Waals surface area contributed by atoms with E-state index in [0.29, 0.717) is 12.3 Å². The molecule has 1 saturated carbocycles. The quantitative estimate of drug-likeness (QED) is 0.457. The molecule has 5 fully saturated rings. The Labute approximate surface area is 187 Å². The summed E-state index contributed by atoms with van der Waals surface area (Å²) in [5, 5.41) is 11.2. The summed E-state index contributed by atoms with van der Waals surface area (Å²) in [5.41, 5.74) is -0.733. The number of carboxylic acid groups (broad SMARTS) is 1. The van der Waals surface area contributed by atoms with Crippen LogP contribution in [0.2, 0.25) is 0 Å². The van der Waals surface area contributed by atoms with Gasteiger partial charge in [0.15, 0.2) is 11.9 Å². The fourth-order valence-corrected chi connectivity index (χ4v) is 5.79. The number of carboxylic acids is 1. The minimum absolute atomic E-state index is 0.0302. The Morgan fingerprint density at radius 1 is 1.12 bits per heavy atom. The van der Waals surface area contributed by atoms with Crippen LogP contribution in [0, 0.1) is 23.7 Å². The Morgan fingerprint density at radius 2 is 1.88 bits per heavy atom. The molecule has 32 heavy (non-hydrogen) atoms. The highest BCUT2D eigenvalue weighted by molar-refractivity contribution is 5.85. The largest absolute Gasteiger partial charge is 0.480 e. The van der Waals surface area contributed by atoms with Crippen molar-refractivity contribution in [1.82, 2.24) is 5.32 Å². The fourth-order valence-electron chi connectivity index (χ4n) is 5.79. The summed E-state index contributed by atoms with van der Waals surface area (Å²) in [6.45, 7) is 7.39. The number of aliphatic carboxylic acids is 1. The standard InChI is InChI=1S/C22H33NO9/c1-11-5-6-15-12(2)19(28-17(25)8-7-16(24)23-13(3)18(26)27)29-20-22(15)14(11)9-10-21(4,30-20)31-32-22/h11-15,19-20H,5-10H2,1-4H3,(H,23,24)(H,26,27)/t11-,12-,13?,14+,15+,19-,20-,21?,22?/m1/s1. The van der Waals surface area contributed by atoms with Gasteiger partial charge in [0.1, 0.15) is 6.04 Å². The Bertz CT molecular complexity index is 775. The first-order chi connectivity index (χ1) is 15.1. The fraction of sp³-hybridized carbons (Fsp3) is 0.864. The van der Waals surface area contributed by atoms with Crippen molar-refractivity contribution < 1.29 is 43.5 Å². The van der Waals surface area contributed by atoms with Gasteiger partial charge in [-0.05, 0) is 44.9 Å². The normalized spacial score (nSPS) is 43.5. The second kappa shape index (κ2) is 8.55. The molecule has 4 aliphatic heterocycles. The van der Waals surface area contributed by atoms with Crippen molar-refractivity contribution in [3.8, 4) is 0 Å². The predicted octanol–water partition coefficient (Wildman–Crippen LogP) is 2.11. The van der Waals surface area contributed by atoms with Crippen molar-refractivity contribution in [2.24, 2.45) is 23.7 Å². The monoisotopic (exact) mass is 455 g/mol. The molecule has 5 aliphatic rings. The average molecular weight is 456 g/mol. The van der Waals surface area contributed by atoms with Crippen LogP contribution in [0.25, 0.3) is 0 Å². The van der Waals surface area contributed by atoms with E-state index >= 15 is 0 Å². The number of carbonyl (C=O) groups excluding carboxylic acids is 2. The first-order valence-electron chi connectivity index (χ1n) is 11.5. The van der Waals surface area contributed by atoms with Gasteiger partial charge < -0.3 is 24.6 Å². The molecular formula is C22H33NO9. The summed E-state index contributed by atoms with van der Waals surface area (Å²) < 4.78 is 18.0. The van der Waals surface area contributed by atoms with Crippen molar-refractivity contribution in [2.45, 2.75) is 96.2 Å². The molecule has 4 heterocycles. The summed E-state index contributed by atoms with van der Waals surface area (Å²) in [5.74, 6) is -2.64. The molecule has 10 heteroatoms. The molecule has 0 radical (unpaired) electrons. The van der Waals surface area contributed by atoms with Gasteiger partial charge >= 0.3 is 11.9 Å². The molecule has 1 spiro atoms. The lowest BCUT2D eigenvalue weighted by molar-refractivity contribution is -0.576. The number of amides is 1. The number of rotatable bonds is 6. The maximum atomic E-state index is 12.5. The van der Waals surface area contributed by atoms with Crippen molar-refractivity contribution in [3.63, 3.8) is 0 Å². The van der Waals surface area contributed by atoms with Crippen LogP contribution in [-0.4, -0.2) is 53.0 Å². The summed E-state index contributed by atoms with van der Waals surface area (Å²) in [4.78, 5) is 47.0. The first-order valence-corrected chi connectivity index (χ1v) is 11.5. The van der Waals surface area contributed by atoms with E-state index in [1.165, 1.54) is 6.92 Å². The number of nitrogens with one attached hydrogen (secondary N) is 1. The van der Waals surface area contributed by atoms with Crippen molar-refractivity contribution in [2.75, 3.05) is 0 Å². The van der Waals surface area contributed by atoms with Gasteiger partial charge in [-0.3, -0.25) is 14.4 Å². The number of esters is 1. The summed E-state index contributed by atoms with van der Waals surface area (Å²) in [6, 6.07) is -1.02. The molecule has 9 atom stereocenters. The number of hydrogen-bond donors (Lipinski definition) is 2. The number of carbonyl (C=O) groups is 3. The molecule has 10 nitrogen and oxygen atoms in total. The van der Waals surface area contributed by atoms with Crippen LogP contribution in [0.5, 0.6) is 0 Å². The maximum Gasteiger partial charge on any atom is 0.325 e. The van der Waals surface area contributed by atoms with Crippen LogP contribution in [0.1, 0.15) is 66.2 Å². The smallest absolute Gasteiger partial charge is 0.325 e. The van der Waals surface area contributed by atoms with E-state index in [1.807, 2.05) is 13.8 Å². The number of ether oxygens (including phenoxy) is 3. The summed E-state index contributed by atoms with van der Waals surface area (Å²) in [6.07, 6.45) is 1.64. The van der Waals surface area contributed by atoms with Gasteiger partial charge in [0.05, 0.1) is 6.42 Å². The van der Waals surface area contributed by atoms with Crippen LogP contribution >= 0.6 is 0 Å². The second-order valence-electron chi connectivity index (χ2n) is 9.89. The Hall–Kier alpha value is -1.75. The van der Waals surface area contributed by atoms with E-state index in [-0.39, 0.29) is 30.6 Å². The maximum absolute atomic E-state index is 12.5. The molecule has 2 N–H and O–H groups in total. The Balaban J connectivity index is 1.42. The molecule has 5 rings (SSSR count). The lowest BCUT2D eigenvalue weighted by atomic mass is 9.58. The van der Waals surface area contributed by atoms with Crippen LogP contribution in [0.4, 0.5) is 0 Å². The van der Waals surface area contributed by atoms with Crippen LogP contribution < -0.4 is 5.32 Å². The van der Waals surface area contributed by atoms with Gasteiger partial charge in [0.2, 0.25) is 18.0 Å². The molecule has 0 aromatic rings. The van der Waals surface area contributed by atoms with E-state index in [9.17, 15) is 14.4 Å². The highest BCUT2D eigenvalue weighted by Gasteiger charge is 2.69. The molecule has 4 saturated heterocycles. The van der Waals surface area contributed by atoms with Gasteiger partial charge in [0.25, 0.3) is 0 Å². The topological polar surface area (TPSA) is 130 Å². The predicted molar refractivity (Wildman–Crippen MR) is 107 cm³/mol. The highest BCUT2D eigenvalue weighted by Crippen LogP contribution is 2.60. The molecule has 1 amide bonds. The van der Waals surface area contributed by atoms with Crippen molar-refractivity contribution in [1.29, 1.82) is 0 Å². The molecule has 2 bridgehead atoms. The van der Waals surface area contributed by atoms with E-state index in [0.717, 1.165) is 19.3 Å².